The van der Waals surface area contributed by atoms with E-state index in [4.69, 9.17) is 36.5 Å². The average molecular weight is 574 g/mol. The van der Waals surface area contributed by atoms with Gasteiger partial charge in [0, 0.05) is 22.5 Å². The van der Waals surface area contributed by atoms with Gasteiger partial charge in [-0.3, -0.25) is 4.79 Å². The van der Waals surface area contributed by atoms with Gasteiger partial charge in [0.05, 0.1) is 32.7 Å². The summed E-state index contributed by atoms with van der Waals surface area (Å²) in [6, 6.07) is 23.2. The molecule has 9 heteroatoms. The molecule has 0 aliphatic heterocycles. The van der Waals surface area contributed by atoms with Crippen LogP contribution in [-0.4, -0.2) is 38.8 Å². The van der Waals surface area contributed by atoms with Gasteiger partial charge in [-0.1, -0.05) is 54.1 Å². The number of benzene rings is 3. The summed E-state index contributed by atoms with van der Waals surface area (Å²) in [5.41, 5.74) is 11.4. The summed E-state index contributed by atoms with van der Waals surface area (Å²) in [6.07, 6.45) is 0.643. The van der Waals surface area contributed by atoms with Crippen LogP contribution >= 0.6 is 22.9 Å². The zero-order chi connectivity index (χ0) is 28.2. The van der Waals surface area contributed by atoms with E-state index >= 15 is 0 Å². The number of thiophene rings is 1. The highest BCUT2D eigenvalue weighted by Gasteiger charge is 2.23. The quantitative estimate of drug-likeness (QED) is 0.200. The molecule has 0 radical (unpaired) electrons. The SMILES string of the molecule is COc1cc(-c2cc(-c3ccccc3)nc3sc(C(=O)NCCc4cccc(Cl)c4)c(N)c23)cc(OC)c1OC. The van der Waals surface area contributed by atoms with Crippen LogP contribution in [0.1, 0.15) is 15.2 Å². The second-order valence-electron chi connectivity index (χ2n) is 9.00. The number of nitrogens with zero attached hydrogens (tertiary/aromatic N) is 1. The van der Waals surface area contributed by atoms with Crippen molar-refractivity contribution in [2.75, 3.05) is 33.6 Å². The number of amides is 1. The molecule has 0 spiro atoms. The number of hydrogen-bond acceptors (Lipinski definition) is 7. The molecule has 0 saturated carbocycles. The Kier molecular flexibility index (Phi) is 8.09. The number of methoxy groups -OCH3 is 3. The summed E-state index contributed by atoms with van der Waals surface area (Å²) in [4.78, 5) is 19.3. The topological polar surface area (TPSA) is 95.7 Å². The Balaban J connectivity index is 1.60. The van der Waals surface area contributed by atoms with Crippen LogP contribution in [0.3, 0.4) is 0 Å². The molecule has 5 rings (SSSR count). The van der Waals surface area contributed by atoms with Crippen LogP contribution in [-0.2, 0) is 6.42 Å². The molecule has 3 N–H and O–H groups in total. The average Bonchev–Trinajstić information content (AvgIpc) is 3.32. The minimum absolute atomic E-state index is 0.250. The highest BCUT2D eigenvalue weighted by molar-refractivity contribution is 7.21. The second-order valence-corrected chi connectivity index (χ2v) is 10.4. The summed E-state index contributed by atoms with van der Waals surface area (Å²) >= 11 is 7.36. The van der Waals surface area contributed by atoms with Crippen LogP contribution in [0, 0.1) is 0 Å². The number of carbonyl (C=O) groups is 1. The number of halogens is 1. The van der Waals surface area contributed by atoms with Crippen LogP contribution in [0.25, 0.3) is 32.6 Å². The van der Waals surface area contributed by atoms with Gasteiger partial charge in [0.1, 0.15) is 9.71 Å². The molecule has 5 aromatic rings. The van der Waals surface area contributed by atoms with Crippen molar-refractivity contribution in [2.45, 2.75) is 6.42 Å². The van der Waals surface area contributed by atoms with Gasteiger partial charge in [0.2, 0.25) is 5.75 Å². The van der Waals surface area contributed by atoms with Gasteiger partial charge in [0.25, 0.3) is 5.91 Å². The Hall–Kier alpha value is -4.27. The number of hydrogen-bond donors (Lipinski definition) is 2. The lowest BCUT2D eigenvalue weighted by atomic mass is 9.98. The number of nitrogens with one attached hydrogen (secondary N) is 1. The van der Waals surface area contributed by atoms with Crippen LogP contribution < -0.4 is 25.3 Å². The van der Waals surface area contributed by atoms with E-state index in [0.29, 0.717) is 56.0 Å². The van der Waals surface area contributed by atoms with Crippen molar-refractivity contribution in [3.8, 4) is 39.6 Å². The van der Waals surface area contributed by atoms with E-state index in [2.05, 4.69) is 5.32 Å². The van der Waals surface area contributed by atoms with Gasteiger partial charge in [-0.2, -0.15) is 0 Å². The highest BCUT2D eigenvalue weighted by Crippen LogP contribution is 2.46. The number of nitrogens with two attached hydrogens (primary N) is 1. The molecule has 0 aliphatic carbocycles. The summed E-state index contributed by atoms with van der Waals surface area (Å²) in [7, 11) is 4.71. The first-order valence-corrected chi connectivity index (χ1v) is 13.7. The maximum atomic E-state index is 13.3. The largest absolute Gasteiger partial charge is 0.493 e. The Labute approximate surface area is 241 Å². The summed E-state index contributed by atoms with van der Waals surface area (Å²) in [5.74, 6) is 1.26. The Morgan fingerprint density at radius 2 is 1.65 bits per heavy atom. The van der Waals surface area contributed by atoms with Gasteiger partial charge >= 0.3 is 0 Å². The number of nitrogen functional groups attached to an aromatic ring is 1. The molecule has 2 aromatic heterocycles. The zero-order valence-corrected chi connectivity index (χ0v) is 23.9. The number of anilines is 1. The van der Waals surface area contributed by atoms with E-state index in [1.165, 1.54) is 11.3 Å². The first kappa shape index (κ1) is 27.3. The number of carbonyl (C=O) groups excluding carboxylic acids is 1. The molecule has 0 unspecified atom stereocenters. The third-order valence-electron chi connectivity index (χ3n) is 6.54. The van der Waals surface area contributed by atoms with Crippen LogP contribution in [0.15, 0.2) is 72.8 Å². The molecular weight excluding hydrogens is 546 g/mol. The van der Waals surface area contributed by atoms with Crippen molar-refractivity contribution in [1.82, 2.24) is 10.3 Å². The van der Waals surface area contributed by atoms with Crippen molar-refractivity contribution in [2.24, 2.45) is 0 Å². The minimum Gasteiger partial charge on any atom is -0.493 e. The van der Waals surface area contributed by atoms with E-state index in [1.807, 2.05) is 72.8 Å². The summed E-state index contributed by atoms with van der Waals surface area (Å²) < 4.78 is 16.7. The fraction of sp³-hybridized carbons (Fsp3) is 0.161. The van der Waals surface area contributed by atoms with E-state index in [-0.39, 0.29) is 5.91 Å². The lowest BCUT2D eigenvalue weighted by Crippen LogP contribution is -2.25. The number of pyridine rings is 1. The Morgan fingerprint density at radius 3 is 2.30 bits per heavy atom. The number of ether oxygens (including phenoxy) is 3. The lowest BCUT2D eigenvalue weighted by molar-refractivity contribution is 0.0959. The minimum atomic E-state index is -0.250. The van der Waals surface area contributed by atoms with E-state index < -0.39 is 0 Å². The molecule has 1 amide bonds. The van der Waals surface area contributed by atoms with Gasteiger partial charge in [-0.25, -0.2) is 4.98 Å². The predicted octanol–water partition coefficient (Wildman–Crippen LogP) is 6.86. The predicted molar refractivity (Wildman–Crippen MR) is 162 cm³/mol. The first-order chi connectivity index (χ1) is 19.4. The first-order valence-electron chi connectivity index (χ1n) is 12.5. The van der Waals surface area contributed by atoms with E-state index in [9.17, 15) is 4.79 Å². The van der Waals surface area contributed by atoms with Crippen LogP contribution in [0.2, 0.25) is 5.02 Å². The fourth-order valence-electron chi connectivity index (χ4n) is 4.60. The third-order valence-corrected chi connectivity index (χ3v) is 7.87. The van der Waals surface area contributed by atoms with E-state index in [1.54, 1.807) is 21.3 Å². The van der Waals surface area contributed by atoms with Crippen molar-refractivity contribution < 1.29 is 19.0 Å². The number of rotatable bonds is 9. The molecule has 40 heavy (non-hydrogen) atoms. The van der Waals surface area contributed by atoms with Crippen molar-refractivity contribution in [3.63, 3.8) is 0 Å². The fourth-order valence-corrected chi connectivity index (χ4v) is 5.85. The second kappa shape index (κ2) is 11.9. The standard InChI is InChI=1S/C31H28ClN3O4S/c1-37-24-15-20(16-25(38-2)28(24)39-3)22-17-23(19-9-5-4-6-10-19)35-31-26(22)27(33)29(40-31)30(36)34-13-12-18-8-7-11-21(32)14-18/h4-11,14-17H,12-13,33H2,1-3H3,(H,34,36). The summed E-state index contributed by atoms with van der Waals surface area (Å²) in [5, 5.41) is 4.35. The molecule has 0 aliphatic rings. The van der Waals surface area contributed by atoms with Gasteiger partial charge in [-0.05, 0) is 53.4 Å². The molecule has 0 bridgehead atoms. The normalized spacial score (nSPS) is 10.9. The van der Waals surface area contributed by atoms with Gasteiger partial charge in [-0.15, -0.1) is 11.3 Å². The van der Waals surface area contributed by atoms with Crippen molar-refractivity contribution in [3.05, 3.63) is 88.3 Å². The molecule has 0 saturated heterocycles. The number of fused-ring (bicyclic) bond motifs is 1. The number of aromatic nitrogens is 1. The monoisotopic (exact) mass is 573 g/mol. The van der Waals surface area contributed by atoms with Gasteiger partial charge in [0.15, 0.2) is 11.5 Å². The third kappa shape index (κ3) is 5.41. The molecule has 0 atom stereocenters. The maximum absolute atomic E-state index is 13.3. The molecule has 0 fully saturated rings. The van der Waals surface area contributed by atoms with E-state index in [0.717, 1.165) is 27.9 Å². The molecular formula is C31H28ClN3O4S. The lowest BCUT2D eigenvalue weighted by Gasteiger charge is -2.15. The molecule has 204 valence electrons. The Morgan fingerprint density at radius 1 is 0.925 bits per heavy atom. The molecule has 2 heterocycles. The van der Waals surface area contributed by atoms with Crippen LogP contribution in [0.5, 0.6) is 17.2 Å². The molecule has 3 aromatic carbocycles. The highest BCUT2D eigenvalue weighted by atomic mass is 35.5. The maximum Gasteiger partial charge on any atom is 0.263 e. The molecule has 7 nitrogen and oxygen atoms in total. The van der Waals surface area contributed by atoms with Crippen molar-refractivity contribution >= 4 is 44.7 Å². The Bertz CT molecular complexity index is 1660. The van der Waals surface area contributed by atoms with Gasteiger partial charge < -0.3 is 25.3 Å². The zero-order valence-electron chi connectivity index (χ0n) is 22.3. The summed E-state index contributed by atoms with van der Waals surface area (Å²) in [6.45, 7) is 0.440. The smallest absolute Gasteiger partial charge is 0.263 e. The van der Waals surface area contributed by atoms with Crippen molar-refractivity contribution in [1.29, 1.82) is 0 Å². The van der Waals surface area contributed by atoms with Crippen LogP contribution in [0.4, 0.5) is 5.69 Å².